The summed E-state index contributed by atoms with van der Waals surface area (Å²) in [5, 5.41) is 3.59. The fourth-order valence-electron chi connectivity index (χ4n) is 2.41. The number of ether oxygens (including phenoxy) is 2. The van der Waals surface area contributed by atoms with Crippen LogP contribution in [0, 0.1) is 0 Å². The first-order valence-corrected chi connectivity index (χ1v) is 6.83. The monoisotopic (exact) mass is 249 g/mol. The molecule has 0 aromatic heterocycles. The van der Waals surface area contributed by atoms with Crippen molar-refractivity contribution in [1.82, 2.24) is 5.32 Å². The lowest BCUT2D eigenvalue weighted by atomic mass is 10.0. The lowest BCUT2D eigenvalue weighted by Crippen LogP contribution is -2.22. The predicted octanol–water partition coefficient (Wildman–Crippen LogP) is 2.70. The van der Waals surface area contributed by atoms with Gasteiger partial charge in [0.05, 0.1) is 6.61 Å². The Bertz CT molecular complexity index is 379. The second-order valence-corrected chi connectivity index (χ2v) is 4.73. The Labute approximate surface area is 109 Å². The van der Waals surface area contributed by atoms with E-state index in [2.05, 4.69) is 30.4 Å². The Morgan fingerprint density at radius 2 is 2.33 bits per heavy atom. The fraction of sp³-hybridized carbons (Fsp3) is 0.600. The molecule has 0 fully saturated rings. The van der Waals surface area contributed by atoms with E-state index in [9.17, 15) is 0 Å². The van der Waals surface area contributed by atoms with E-state index in [0.29, 0.717) is 6.04 Å². The molecule has 18 heavy (non-hydrogen) atoms. The van der Waals surface area contributed by atoms with Crippen LogP contribution < -0.4 is 10.1 Å². The summed E-state index contributed by atoms with van der Waals surface area (Å²) in [6, 6.07) is 7.02. The molecule has 1 aromatic carbocycles. The molecule has 0 aliphatic carbocycles. The average molecular weight is 249 g/mol. The molecule has 0 bridgehead atoms. The molecular weight excluding hydrogens is 226 g/mol. The summed E-state index contributed by atoms with van der Waals surface area (Å²) in [5.41, 5.74) is 2.73. The largest absolute Gasteiger partial charge is 0.493 e. The summed E-state index contributed by atoms with van der Waals surface area (Å²) in [7, 11) is 1.75. The van der Waals surface area contributed by atoms with Gasteiger partial charge in [-0.3, -0.25) is 0 Å². The molecule has 0 saturated heterocycles. The molecule has 1 atom stereocenters. The maximum Gasteiger partial charge on any atom is 0.122 e. The Hall–Kier alpha value is -1.06. The molecule has 3 nitrogen and oxygen atoms in total. The molecule has 3 heteroatoms. The quantitative estimate of drug-likeness (QED) is 0.754. The summed E-state index contributed by atoms with van der Waals surface area (Å²) in [6.07, 6.45) is 3.21. The first-order chi connectivity index (χ1) is 8.85. The van der Waals surface area contributed by atoms with Gasteiger partial charge in [-0.1, -0.05) is 19.1 Å². The van der Waals surface area contributed by atoms with E-state index >= 15 is 0 Å². The molecule has 1 aliphatic rings. The van der Waals surface area contributed by atoms with E-state index in [-0.39, 0.29) is 0 Å². The van der Waals surface area contributed by atoms with Gasteiger partial charge in [0, 0.05) is 26.2 Å². The van der Waals surface area contributed by atoms with Crippen LogP contribution in [0.4, 0.5) is 0 Å². The summed E-state index contributed by atoms with van der Waals surface area (Å²) < 4.78 is 10.6. The summed E-state index contributed by atoms with van der Waals surface area (Å²) in [5.74, 6) is 1.06. The highest BCUT2D eigenvalue weighted by molar-refractivity contribution is 5.40. The van der Waals surface area contributed by atoms with Crippen LogP contribution in [0.25, 0.3) is 0 Å². The lowest BCUT2D eigenvalue weighted by molar-refractivity contribution is 0.193. The summed E-state index contributed by atoms with van der Waals surface area (Å²) in [4.78, 5) is 0. The molecule has 0 radical (unpaired) electrons. The van der Waals surface area contributed by atoms with E-state index in [1.807, 2.05) is 0 Å². The van der Waals surface area contributed by atoms with Crippen molar-refractivity contribution in [2.75, 3.05) is 26.9 Å². The fourth-order valence-corrected chi connectivity index (χ4v) is 2.41. The SMILES string of the molecule is CCC(NCCCOC)c1ccc2c(c1)CCO2. The second-order valence-electron chi connectivity index (χ2n) is 4.73. The van der Waals surface area contributed by atoms with Crippen molar-refractivity contribution >= 4 is 0 Å². The maximum atomic E-state index is 5.54. The van der Waals surface area contributed by atoms with Crippen molar-refractivity contribution in [3.63, 3.8) is 0 Å². The molecule has 1 N–H and O–H groups in total. The lowest BCUT2D eigenvalue weighted by Gasteiger charge is -2.18. The van der Waals surface area contributed by atoms with Crippen LogP contribution in [0.1, 0.15) is 36.9 Å². The van der Waals surface area contributed by atoms with Crippen LogP contribution in [-0.2, 0) is 11.2 Å². The normalized spacial score (nSPS) is 15.2. The third-order valence-electron chi connectivity index (χ3n) is 3.44. The smallest absolute Gasteiger partial charge is 0.122 e. The molecular formula is C15H23NO2. The first-order valence-electron chi connectivity index (χ1n) is 6.83. The number of hydrogen-bond donors (Lipinski definition) is 1. The van der Waals surface area contributed by atoms with Crippen molar-refractivity contribution in [3.8, 4) is 5.75 Å². The van der Waals surface area contributed by atoms with Crippen LogP contribution in [-0.4, -0.2) is 26.9 Å². The minimum Gasteiger partial charge on any atom is -0.493 e. The van der Waals surface area contributed by atoms with Crippen LogP contribution in [0.3, 0.4) is 0 Å². The van der Waals surface area contributed by atoms with Crippen LogP contribution >= 0.6 is 0 Å². The predicted molar refractivity (Wildman–Crippen MR) is 73.2 cm³/mol. The van der Waals surface area contributed by atoms with Gasteiger partial charge in [0.1, 0.15) is 5.75 Å². The average Bonchev–Trinajstić information content (AvgIpc) is 2.86. The van der Waals surface area contributed by atoms with Crippen molar-refractivity contribution in [3.05, 3.63) is 29.3 Å². The van der Waals surface area contributed by atoms with E-state index in [1.54, 1.807) is 7.11 Å². The van der Waals surface area contributed by atoms with Crippen molar-refractivity contribution < 1.29 is 9.47 Å². The van der Waals surface area contributed by atoms with E-state index in [1.165, 1.54) is 11.1 Å². The molecule has 0 saturated carbocycles. The maximum absolute atomic E-state index is 5.54. The number of methoxy groups -OCH3 is 1. The van der Waals surface area contributed by atoms with E-state index in [0.717, 1.165) is 44.8 Å². The Kier molecular flexibility index (Phi) is 5.02. The van der Waals surface area contributed by atoms with Gasteiger partial charge in [-0.15, -0.1) is 0 Å². The van der Waals surface area contributed by atoms with E-state index in [4.69, 9.17) is 9.47 Å². The van der Waals surface area contributed by atoms with Crippen LogP contribution in [0.5, 0.6) is 5.75 Å². The molecule has 1 aliphatic heterocycles. The molecule has 0 amide bonds. The van der Waals surface area contributed by atoms with Gasteiger partial charge in [-0.05, 0) is 36.6 Å². The van der Waals surface area contributed by atoms with Crippen LogP contribution in [0.2, 0.25) is 0 Å². The van der Waals surface area contributed by atoms with Gasteiger partial charge in [0.25, 0.3) is 0 Å². The molecule has 1 aromatic rings. The van der Waals surface area contributed by atoms with Crippen molar-refractivity contribution in [2.24, 2.45) is 0 Å². The van der Waals surface area contributed by atoms with Gasteiger partial charge in [0.2, 0.25) is 0 Å². The number of rotatable bonds is 7. The standard InChI is InChI=1S/C15H23NO2/c1-3-14(16-8-4-9-17-2)12-5-6-15-13(11-12)7-10-18-15/h5-6,11,14,16H,3-4,7-10H2,1-2H3. The van der Waals surface area contributed by atoms with Gasteiger partial charge >= 0.3 is 0 Å². The number of hydrogen-bond acceptors (Lipinski definition) is 3. The van der Waals surface area contributed by atoms with E-state index < -0.39 is 0 Å². The van der Waals surface area contributed by atoms with Gasteiger partial charge in [-0.2, -0.15) is 0 Å². The Balaban J connectivity index is 1.94. The zero-order valence-corrected chi connectivity index (χ0v) is 11.4. The second kappa shape index (κ2) is 6.76. The van der Waals surface area contributed by atoms with Gasteiger partial charge in [-0.25, -0.2) is 0 Å². The minimum absolute atomic E-state index is 0.438. The molecule has 0 spiro atoms. The molecule has 1 unspecified atom stereocenters. The number of fused-ring (bicyclic) bond motifs is 1. The topological polar surface area (TPSA) is 30.5 Å². The minimum atomic E-state index is 0.438. The summed E-state index contributed by atoms with van der Waals surface area (Å²) in [6.45, 7) is 4.87. The zero-order valence-electron chi connectivity index (χ0n) is 11.4. The molecule has 100 valence electrons. The highest BCUT2D eigenvalue weighted by atomic mass is 16.5. The molecule has 1 heterocycles. The van der Waals surface area contributed by atoms with Gasteiger partial charge < -0.3 is 14.8 Å². The Morgan fingerprint density at radius 1 is 1.44 bits per heavy atom. The highest BCUT2D eigenvalue weighted by Crippen LogP contribution is 2.29. The first kappa shape index (κ1) is 13.4. The molecule has 2 rings (SSSR count). The number of nitrogens with one attached hydrogen (secondary N) is 1. The summed E-state index contributed by atoms with van der Waals surface area (Å²) >= 11 is 0. The van der Waals surface area contributed by atoms with Crippen LogP contribution in [0.15, 0.2) is 18.2 Å². The highest BCUT2D eigenvalue weighted by Gasteiger charge is 2.15. The third-order valence-corrected chi connectivity index (χ3v) is 3.44. The van der Waals surface area contributed by atoms with Gasteiger partial charge in [0.15, 0.2) is 0 Å². The van der Waals surface area contributed by atoms with Crippen molar-refractivity contribution in [1.29, 1.82) is 0 Å². The number of benzene rings is 1. The third kappa shape index (κ3) is 3.24. The van der Waals surface area contributed by atoms with Crippen molar-refractivity contribution in [2.45, 2.75) is 32.2 Å². The Morgan fingerprint density at radius 3 is 3.11 bits per heavy atom. The zero-order chi connectivity index (χ0) is 12.8.